The Kier molecular flexibility index (Phi) is 5.84. The summed E-state index contributed by atoms with van der Waals surface area (Å²) in [7, 11) is 0. The van der Waals surface area contributed by atoms with Gasteiger partial charge in [-0.3, -0.25) is 4.79 Å². The normalized spacial score (nSPS) is 22.1. The molecule has 1 rings (SSSR count). The molecular weight excluding hydrogens is 228 g/mol. The summed E-state index contributed by atoms with van der Waals surface area (Å²) >= 11 is 0. The van der Waals surface area contributed by atoms with E-state index < -0.39 is 11.4 Å². The first-order valence-corrected chi connectivity index (χ1v) is 5.66. The molecule has 1 fully saturated rings. The van der Waals surface area contributed by atoms with Crippen molar-refractivity contribution in [2.24, 2.45) is 5.41 Å². The van der Waals surface area contributed by atoms with Gasteiger partial charge in [-0.1, -0.05) is 0 Å². The summed E-state index contributed by atoms with van der Waals surface area (Å²) in [5, 5.41) is 9.14. The Balaban J connectivity index is 2.23. The van der Waals surface area contributed by atoms with E-state index >= 15 is 0 Å². The van der Waals surface area contributed by atoms with Crippen LogP contribution in [0.1, 0.15) is 13.8 Å². The molecule has 100 valence electrons. The smallest absolute Gasteiger partial charge is 0.314 e. The Morgan fingerprint density at radius 2 is 2.06 bits per heavy atom. The van der Waals surface area contributed by atoms with Gasteiger partial charge in [0.2, 0.25) is 0 Å². The molecule has 0 aromatic carbocycles. The molecule has 0 spiro atoms. The van der Waals surface area contributed by atoms with Crippen molar-refractivity contribution in [3.63, 3.8) is 0 Å². The van der Waals surface area contributed by atoms with Gasteiger partial charge in [0.05, 0.1) is 26.4 Å². The van der Waals surface area contributed by atoms with Crippen molar-refractivity contribution < 1.29 is 28.8 Å². The second kappa shape index (κ2) is 6.90. The minimum atomic E-state index is -1.05. The molecule has 0 aromatic heterocycles. The van der Waals surface area contributed by atoms with Crippen LogP contribution in [0.5, 0.6) is 0 Å². The fraction of sp³-hybridized carbons (Fsp3) is 0.909. The first kappa shape index (κ1) is 14.4. The molecule has 0 saturated carbocycles. The predicted molar refractivity (Wildman–Crippen MR) is 58.7 cm³/mol. The molecule has 1 N–H and O–H groups in total. The zero-order chi connectivity index (χ0) is 12.7. The molecule has 1 aliphatic rings. The summed E-state index contributed by atoms with van der Waals surface area (Å²) in [6, 6.07) is 0. The van der Waals surface area contributed by atoms with E-state index in [1.807, 2.05) is 6.92 Å². The number of carboxylic acids is 1. The van der Waals surface area contributed by atoms with E-state index in [0.29, 0.717) is 19.8 Å². The monoisotopic (exact) mass is 248 g/mol. The van der Waals surface area contributed by atoms with Gasteiger partial charge in [-0.2, -0.15) is 0 Å². The Labute approximate surface area is 101 Å². The number of hydrogen-bond acceptors (Lipinski definition) is 5. The third-order valence-corrected chi connectivity index (χ3v) is 2.43. The van der Waals surface area contributed by atoms with Gasteiger partial charge in [0.1, 0.15) is 18.3 Å². The summed E-state index contributed by atoms with van der Waals surface area (Å²) in [6.45, 7) is 5.39. The summed E-state index contributed by atoms with van der Waals surface area (Å²) in [5.41, 5.74) is -1.05. The van der Waals surface area contributed by atoms with Gasteiger partial charge < -0.3 is 24.1 Å². The number of carboxylic acid groups (broad SMARTS) is 1. The summed E-state index contributed by atoms with van der Waals surface area (Å²) in [4.78, 5) is 11.1. The van der Waals surface area contributed by atoms with E-state index in [2.05, 4.69) is 0 Å². The van der Waals surface area contributed by atoms with Crippen LogP contribution in [0.2, 0.25) is 0 Å². The SMILES string of the molecule is CCOCOCC(C)(COCC1CO1)C(=O)O. The first-order chi connectivity index (χ1) is 8.08. The standard InChI is InChI=1S/C11H20O6/c1-3-14-8-16-7-11(2,10(12)13)6-15-4-9-5-17-9/h9H,3-8H2,1-2H3,(H,12,13). The molecule has 1 heterocycles. The lowest BCUT2D eigenvalue weighted by atomic mass is 9.93. The average molecular weight is 248 g/mol. The molecule has 6 heteroatoms. The lowest BCUT2D eigenvalue weighted by Gasteiger charge is -2.24. The second-order valence-electron chi connectivity index (χ2n) is 4.30. The summed E-state index contributed by atoms with van der Waals surface area (Å²) in [5.74, 6) is -0.939. The Morgan fingerprint density at radius 3 is 2.59 bits per heavy atom. The third kappa shape index (κ3) is 5.45. The Morgan fingerprint density at radius 1 is 1.41 bits per heavy atom. The Hall–Kier alpha value is -0.690. The van der Waals surface area contributed by atoms with Crippen LogP contribution < -0.4 is 0 Å². The molecule has 17 heavy (non-hydrogen) atoms. The maximum atomic E-state index is 11.1. The van der Waals surface area contributed by atoms with Crippen molar-refractivity contribution in [3.8, 4) is 0 Å². The lowest BCUT2D eigenvalue weighted by Crippen LogP contribution is -2.38. The van der Waals surface area contributed by atoms with Crippen molar-refractivity contribution in [1.82, 2.24) is 0 Å². The maximum absolute atomic E-state index is 11.1. The highest BCUT2D eigenvalue weighted by molar-refractivity contribution is 5.74. The van der Waals surface area contributed by atoms with Crippen LogP contribution in [-0.2, 0) is 23.7 Å². The van der Waals surface area contributed by atoms with E-state index in [4.69, 9.17) is 24.1 Å². The van der Waals surface area contributed by atoms with Crippen LogP contribution in [-0.4, -0.2) is 57.0 Å². The van der Waals surface area contributed by atoms with Gasteiger partial charge in [0, 0.05) is 6.61 Å². The molecule has 6 nitrogen and oxygen atoms in total. The fourth-order valence-corrected chi connectivity index (χ4v) is 1.15. The highest BCUT2D eigenvalue weighted by Crippen LogP contribution is 2.19. The van der Waals surface area contributed by atoms with Crippen molar-refractivity contribution in [2.75, 3.05) is 39.8 Å². The average Bonchev–Trinajstić information content (AvgIpc) is 3.08. The van der Waals surface area contributed by atoms with E-state index in [1.165, 1.54) is 0 Å². The highest BCUT2D eigenvalue weighted by atomic mass is 16.7. The molecule has 2 atom stereocenters. The third-order valence-electron chi connectivity index (χ3n) is 2.43. The minimum absolute atomic E-state index is 0.0634. The molecule has 0 aromatic rings. The van der Waals surface area contributed by atoms with Crippen LogP contribution in [0.25, 0.3) is 0 Å². The van der Waals surface area contributed by atoms with Crippen molar-refractivity contribution in [1.29, 1.82) is 0 Å². The zero-order valence-corrected chi connectivity index (χ0v) is 10.3. The second-order valence-corrected chi connectivity index (χ2v) is 4.30. The molecule has 0 bridgehead atoms. The van der Waals surface area contributed by atoms with Crippen LogP contribution in [0.3, 0.4) is 0 Å². The van der Waals surface area contributed by atoms with Crippen LogP contribution in [0.15, 0.2) is 0 Å². The lowest BCUT2D eigenvalue weighted by molar-refractivity contribution is -0.161. The van der Waals surface area contributed by atoms with Crippen molar-refractivity contribution in [2.45, 2.75) is 20.0 Å². The van der Waals surface area contributed by atoms with Crippen molar-refractivity contribution >= 4 is 5.97 Å². The number of ether oxygens (including phenoxy) is 4. The number of hydrogen-bond donors (Lipinski definition) is 1. The number of aliphatic carboxylic acids is 1. The number of epoxide rings is 1. The molecule has 1 saturated heterocycles. The molecule has 0 aliphatic carbocycles. The molecule has 0 radical (unpaired) electrons. The quantitative estimate of drug-likeness (QED) is 0.345. The minimum Gasteiger partial charge on any atom is -0.481 e. The molecule has 0 amide bonds. The zero-order valence-electron chi connectivity index (χ0n) is 10.3. The highest BCUT2D eigenvalue weighted by Gasteiger charge is 2.35. The topological polar surface area (TPSA) is 77.5 Å². The maximum Gasteiger partial charge on any atom is 0.314 e. The van der Waals surface area contributed by atoms with Gasteiger partial charge in [-0.25, -0.2) is 0 Å². The molecular formula is C11H20O6. The van der Waals surface area contributed by atoms with E-state index in [9.17, 15) is 4.79 Å². The van der Waals surface area contributed by atoms with E-state index in [-0.39, 0.29) is 26.1 Å². The van der Waals surface area contributed by atoms with Gasteiger partial charge in [0.15, 0.2) is 0 Å². The first-order valence-electron chi connectivity index (χ1n) is 5.66. The summed E-state index contributed by atoms with van der Waals surface area (Å²) in [6.07, 6.45) is 0.136. The summed E-state index contributed by atoms with van der Waals surface area (Å²) < 4.78 is 20.4. The van der Waals surface area contributed by atoms with Gasteiger partial charge in [-0.05, 0) is 13.8 Å². The van der Waals surface area contributed by atoms with E-state index in [0.717, 1.165) is 0 Å². The largest absolute Gasteiger partial charge is 0.481 e. The van der Waals surface area contributed by atoms with Crippen molar-refractivity contribution in [3.05, 3.63) is 0 Å². The van der Waals surface area contributed by atoms with Gasteiger partial charge in [-0.15, -0.1) is 0 Å². The number of rotatable bonds is 10. The van der Waals surface area contributed by atoms with Crippen LogP contribution in [0.4, 0.5) is 0 Å². The van der Waals surface area contributed by atoms with Gasteiger partial charge >= 0.3 is 5.97 Å². The predicted octanol–water partition coefficient (Wildman–Crippen LogP) is 0.503. The van der Waals surface area contributed by atoms with Crippen LogP contribution in [0, 0.1) is 5.41 Å². The number of carbonyl (C=O) groups is 1. The molecule has 1 aliphatic heterocycles. The van der Waals surface area contributed by atoms with Gasteiger partial charge in [0.25, 0.3) is 0 Å². The Bertz CT molecular complexity index is 240. The fourth-order valence-electron chi connectivity index (χ4n) is 1.15. The van der Waals surface area contributed by atoms with E-state index in [1.54, 1.807) is 6.92 Å². The molecule has 2 unspecified atom stereocenters. The van der Waals surface area contributed by atoms with Crippen LogP contribution >= 0.6 is 0 Å².